The molecule has 1 unspecified atom stereocenters. The number of nitrogens with two attached hydrogens (primary N) is 1. The molecule has 1 aliphatic carbocycles. The van der Waals surface area contributed by atoms with Crippen molar-refractivity contribution in [1.82, 2.24) is 0 Å². The van der Waals surface area contributed by atoms with Gasteiger partial charge in [0.25, 0.3) is 0 Å². The molecule has 1 saturated carbocycles. The number of para-hydroxylation sites is 2. The molecule has 1 aromatic carbocycles. The van der Waals surface area contributed by atoms with Gasteiger partial charge < -0.3 is 15.2 Å². The van der Waals surface area contributed by atoms with Gasteiger partial charge in [0.05, 0.1) is 13.7 Å². The van der Waals surface area contributed by atoms with Crippen molar-refractivity contribution in [3.63, 3.8) is 0 Å². The van der Waals surface area contributed by atoms with Gasteiger partial charge in [-0.3, -0.25) is 0 Å². The molecule has 0 radical (unpaired) electrons. The molecule has 0 aromatic heterocycles. The van der Waals surface area contributed by atoms with Gasteiger partial charge in [-0.2, -0.15) is 0 Å². The van der Waals surface area contributed by atoms with E-state index in [9.17, 15) is 0 Å². The quantitative estimate of drug-likeness (QED) is 0.799. The molecule has 1 aliphatic rings. The van der Waals surface area contributed by atoms with E-state index < -0.39 is 0 Å². The Hall–Kier alpha value is -1.22. The SMILES string of the molecule is COc1ccccc1OCC(CN)C1CC1. The molecular weight excluding hydrogens is 202 g/mol. The third-order valence-electron chi connectivity index (χ3n) is 3.11. The third-order valence-corrected chi connectivity index (χ3v) is 3.11. The van der Waals surface area contributed by atoms with E-state index in [1.54, 1.807) is 7.11 Å². The topological polar surface area (TPSA) is 44.5 Å². The minimum absolute atomic E-state index is 0.491. The molecule has 1 aromatic rings. The van der Waals surface area contributed by atoms with Crippen molar-refractivity contribution < 1.29 is 9.47 Å². The van der Waals surface area contributed by atoms with Crippen molar-refractivity contribution in [3.05, 3.63) is 24.3 Å². The van der Waals surface area contributed by atoms with E-state index in [1.165, 1.54) is 12.8 Å². The van der Waals surface area contributed by atoms with E-state index in [-0.39, 0.29) is 0 Å². The number of ether oxygens (including phenoxy) is 2. The average Bonchev–Trinajstić information content (AvgIpc) is 3.15. The molecular formula is C13H19NO2. The Bertz CT molecular complexity index is 336. The van der Waals surface area contributed by atoms with Crippen LogP contribution in [0.3, 0.4) is 0 Å². The van der Waals surface area contributed by atoms with E-state index in [2.05, 4.69) is 0 Å². The Balaban J connectivity index is 1.92. The molecule has 0 heterocycles. The molecule has 0 amide bonds. The fourth-order valence-electron chi connectivity index (χ4n) is 1.90. The first-order valence-corrected chi connectivity index (χ1v) is 5.81. The molecule has 0 saturated heterocycles. The smallest absolute Gasteiger partial charge is 0.161 e. The standard InChI is InChI=1S/C13H19NO2/c1-15-12-4-2-3-5-13(12)16-9-11(8-14)10-6-7-10/h2-5,10-11H,6-9,14H2,1H3. The van der Waals surface area contributed by atoms with E-state index in [0.29, 0.717) is 19.1 Å². The van der Waals surface area contributed by atoms with E-state index in [0.717, 1.165) is 17.4 Å². The summed E-state index contributed by atoms with van der Waals surface area (Å²) in [5.41, 5.74) is 5.74. The van der Waals surface area contributed by atoms with Crippen LogP contribution >= 0.6 is 0 Å². The zero-order valence-corrected chi connectivity index (χ0v) is 9.69. The molecule has 0 aliphatic heterocycles. The van der Waals surface area contributed by atoms with Crippen LogP contribution in [0, 0.1) is 11.8 Å². The first-order valence-electron chi connectivity index (χ1n) is 5.81. The maximum Gasteiger partial charge on any atom is 0.161 e. The molecule has 1 fully saturated rings. The van der Waals surface area contributed by atoms with Crippen molar-refractivity contribution in [2.24, 2.45) is 17.6 Å². The predicted octanol–water partition coefficient (Wildman–Crippen LogP) is 2.06. The highest BCUT2D eigenvalue weighted by molar-refractivity contribution is 5.39. The highest BCUT2D eigenvalue weighted by atomic mass is 16.5. The summed E-state index contributed by atoms with van der Waals surface area (Å²) in [5.74, 6) is 2.86. The fourth-order valence-corrected chi connectivity index (χ4v) is 1.90. The number of hydrogen-bond donors (Lipinski definition) is 1. The van der Waals surface area contributed by atoms with E-state index in [4.69, 9.17) is 15.2 Å². The fraction of sp³-hybridized carbons (Fsp3) is 0.538. The van der Waals surface area contributed by atoms with E-state index >= 15 is 0 Å². The van der Waals surface area contributed by atoms with Gasteiger partial charge in [0, 0.05) is 5.92 Å². The lowest BCUT2D eigenvalue weighted by Crippen LogP contribution is -2.23. The number of hydrogen-bond acceptors (Lipinski definition) is 3. The lowest BCUT2D eigenvalue weighted by atomic mass is 10.1. The molecule has 16 heavy (non-hydrogen) atoms. The van der Waals surface area contributed by atoms with Crippen LogP contribution in [0.1, 0.15) is 12.8 Å². The minimum Gasteiger partial charge on any atom is -0.493 e. The second-order valence-corrected chi connectivity index (χ2v) is 4.30. The summed E-state index contributed by atoms with van der Waals surface area (Å²) < 4.78 is 11.0. The molecule has 0 spiro atoms. The second-order valence-electron chi connectivity index (χ2n) is 4.30. The van der Waals surface area contributed by atoms with Crippen molar-refractivity contribution in [2.75, 3.05) is 20.3 Å². The molecule has 3 nitrogen and oxygen atoms in total. The van der Waals surface area contributed by atoms with Crippen molar-refractivity contribution in [1.29, 1.82) is 0 Å². The van der Waals surface area contributed by atoms with Gasteiger partial charge in [0.2, 0.25) is 0 Å². The summed E-state index contributed by atoms with van der Waals surface area (Å²) in [6.07, 6.45) is 2.61. The first kappa shape index (κ1) is 11.3. The van der Waals surface area contributed by atoms with Crippen LogP contribution in [-0.4, -0.2) is 20.3 Å². The normalized spacial score (nSPS) is 16.9. The zero-order valence-electron chi connectivity index (χ0n) is 9.69. The van der Waals surface area contributed by atoms with Crippen molar-refractivity contribution in [3.8, 4) is 11.5 Å². The highest BCUT2D eigenvalue weighted by Crippen LogP contribution is 2.37. The van der Waals surface area contributed by atoms with Crippen LogP contribution in [0.4, 0.5) is 0 Å². The number of methoxy groups -OCH3 is 1. The van der Waals surface area contributed by atoms with Gasteiger partial charge in [-0.15, -0.1) is 0 Å². The Morgan fingerprint density at radius 3 is 2.56 bits per heavy atom. The van der Waals surface area contributed by atoms with Crippen molar-refractivity contribution >= 4 is 0 Å². The van der Waals surface area contributed by atoms with Gasteiger partial charge in [-0.25, -0.2) is 0 Å². The molecule has 0 bridgehead atoms. The minimum atomic E-state index is 0.491. The predicted molar refractivity (Wildman–Crippen MR) is 63.8 cm³/mol. The largest absolute Gasteiger partial charge is 0.493 e. The van der Waals surface area contributed by atoms with Crippen molar-refractivity contribution in [2.45, 2.75) is 12.8 Å². The maximum absolute atomic E-state index is 5.78. The lowest BCUT2D eigenvalue weighted by Gasteiger charge is -2.16. The van der Waals surface area contributed by atoms with Crippen LogP contribution in [0.2, 0.25) is 0 Å². The van der Waals surface area contributed by atoms with Gasteiger partial charge >= 0.3 is 0 Å². The van der Waals surface area contributed by atoms with Gasteiger partial charge in [0.15, 0.2) is 11.5 Å². The zero-order chi connectivity index (χ0) is 11.4. The van der Waals surface area contributed by atoms with Gasteiger partial charge in [0.1, 0.15) is 0 Å². The summed E-state index contributed by atoms with van der Waals surface area (Å²) in [6, 6.07) is 7.72. The summed E-state index contributed by atoms with van der Waals surface area (Å²) >= 11 is 0. The first-order chi connectivity index (χ1) is 7.85. The summed E-state index contributed by atoms with van der Waals surface area (Å²) in [4.78, 5) is 0. The monoisotopic (exact) mass is 221 g/mol. The highest BCUT2D eigenvalue weighted by Gasteiger charge is 2.30. The molecule has 3 heteroatoms. The lowest BCUT2D eigenvalue weighted by molar-refractivity contribution is 0.226. The van der Waals surface area contributed by atoms with Gasteiger partial charge in [-0.05, 0) is 37.4 Å². The Kier molecular flexibility index (Phi) is 3.67. The Morgan fingerprint density at radius 2 is 2.00 bits per heavy atom. The summed E-state index contributed by atoms with van der Waals surface area (Å²) in [7, 11) is 1.66. The maximum atomic E-state index is 5.78. The second kappa shape index (κ2) is 5.21. The van der Waals surface area contributed by atoms with Crippen LogP contribution in [0.5, 0.6) is 11.5 Å². The van der Waals surface area contributed by atoms with Gasteiger partial charge in [-0.1, -0.05) is 12.1 Å². The summed E-state index contributed by atoms with van der Waals surface area (Å²) in [6.45, 7) is 1.40. The number of rotatable bonds is 6. The molecule has 2 N–H and O–H groups in total. The van der Waals surface area contributed by atoms with Crippen LogP contribution in [0.15, 0.2) is 24.3 Å². The third kappa shape index (κ3) is 2.67. The van der Waals surface area contributed by atoms with Crippen LogP contribution in [0.25, 0.3) is 0 Å². The number of benzene rings is 1. The molecule has 2 rings (SSSR count). The van der Waals surface area contributed by atoms with Crippen LogP contribution < -0.4 is 15.2 Å². The van der Waals surface area contributed by atoms with E-state index in [1.807, 2.05) is 24.3 Å². The molecule has 88 valence electrons. The Labute approximate surface area is 96.5 Å². The van der Waals surface area contributed by atoms with Crippen LogP contribution in [-0.2, 0) is 0 Å². The average molecular weight is 221 g/mol. The summed E-state index contributed by atoms with van der Waals surface area (Å²) in [5, 5.41) is 0. The molecule has 1 atom stereocenters. The Morgan fingerprint density at radius 1 is 1.31 bits per heavy atom.